The lowest BCUT2D eigenvalue weighted by atomic mass is 10.1. The fourth-order valence-corrected chi connectivity index (χ4v) is 1.91. The van der Waals surface area contributed by atoms with E-state index in [0.717, 1.165) is 17.7 Å². The van der Waals surface area contributed by atoms with Crippen molar-refractivity contribution in [2.24, 2.45) is 5.16 Å². The summed E-state index contributed by atoms with van der Waals surface area (Å²) in [5.74, 6) is -0.210. The SMILES string of the molecule is COC(=O)COc1ccc(CC=NOCc2ccc(C(F)(F)F)cc2)cn1. The zero-order valence-corrected chi connectivity index (χ0v) is 14.4. The first-order valence-electron chi connectivity index (χ1n) is 7.83. The average Bonchev–Trinajstić information content (AvgIpc) is 2.66. The van der Waals surface area contributed by atoms with Gasteiger partial charge in [0.05, 0.1) is 12.7 Å². The van der Waals surface area contributed by atoms with Crippen molar-refractivity contribution >= 4 is 12.2 Å². The number of hydrogen-bond donors (Lipinski definition) is 0. The summed E-state index contributed by atoms with van der Waals surface area (Å²) in [5, 5.41) is 3.76. The first-order chi connectivity index (χ1) is 12.9. The second-order valence-corrected chi connectivity index (χ2v) is 5.33. The topological polar surface area (TPSA) is 70.0 Å². The number of esters is 1. The number of alkyl halides is 3. The molecule has 0 aliphatic rings. The highest BCUT2D eigenvalue weighted by Gasteiger charge is 2.29. The smallest absolute Gasteiger partial charge is 0.416 e. The molecular weight excluding hydrogens is 365 g/mol. The van der Waals surface area contributed by atoms with Crippen LogP contribution in [0.3, 0.4) is 0 Å². The minimum Gasteiger partial charge on any atom is -0.466 e. The number of carbonyl (C=O) groups is 1. The molecule has 0 N–H and O–H groups in total. The van der Waals surface area contributed by atoms with E-state index in [4.69, 9.17) is 9.57 Å². The molecule has 27 heavy (non-hydrogen) atoms. The number of rotatable bonds is 8. The molecule has 0 spiro atoms. The summed E-state index contributed by atoms with van der Waals surface area (Å²) in [4.78, 5) is 20.1. The lowest BCUT2D eigenvalue weighted by Gasteiger charge is -2.07. The van der Waals surface area contributed by atoms with Crippen molar-refractivity contribution in [1.82, 2.24) is 4.98 Å². The highest BCUT2D eigenvalue weighted by atomic mass is 19.4. The van der Waals surface area contributed by atoms with E-state index in [1.165, 1.54) is 25.5 Å². The van der Waals surface area contributed by atoms with Gasteiger partial charge < -0.3 is 14.3 Å². The zero-order chi connectivity index (χ0) is 19.7. The van der Waals surface area contributed by atoms with Gasteiger partial charge in [-0.05, 0) is 23.3 Å². The number of halogens is 3. The standard InChI is InChI=1S/C18H17F3N2O4/c1-25-17(24)12-26-16-7-4-13(10-22-16)8-9-23-27-11-14-2-5-15(6-3-14)18(19,20)21/h2-7,9-10H,8,11-12H2,1H3. The van der Waals surface area contributed by atoms with E-state index in [0.29, 0.717) is 17.9 Å². The number of aromatic nitrogens is 1. The van der Waals surface area contributed by atoms with Crippen LogP contribution in [0.2, 0.25) is 0 Å². The molecule has 0 aliphatic heterocycles. The first-order valence-corrected chi connectivity index (χ1v) is 7.83. The van der Waals surface area contributed by atoms with Crippen molar-refractivity contribution in [3.05, 3.63) is 59.3 Å². The lowest BCUT2D eigenvalue weighted by Crippen LogP contribution is -2.13. The Morgan fingerprint density at radius 3 is 2.44 bits per heavy atom. The summed E-state index contributed by atoms with van der Waals surface area (Å²) < 4.78 is 47.0. The Morgan fingerprint density at radius 1 is 1.15 bits per heavy atom. The predicted octanol–water partition coefficient (Wildman–Crippen LogP) is 3.40. The molecule has 0 aliphatic carbocycles. The fraction of sp³-hybridized carbons (Fsp3) is 0.278. The van der Waals surface area contributed by atoms with E-state index in [2.05, 4.69) is 14.9 Å². The monoisotopic (exact) mass is 382 g/mol. The van der Waals surface area contributed by atoms with Crippen LogP contribution in [0, 0.1) is 0 Å². The Balaban J connectivity index is 1.73. The van der Waals surface area contributed by atoms with Crippen molar-refractivity contribution < 1.29 is 32.3 Å². The number of ether oxygens (including phenoxy) is 2. The molecule has 0 amide bonds. The largest absolute Gasteiger partial charge is 0.466 e. The Labute approximate surface area is 153 Å². The van der Waals surface area contributed by atoms with Crippen LogP contribution in [-0.4, -0.2) is 30.9 Å². The van der Waals surface area contributed by atoms with Gasteiger partial charge in [-0.3, -0.25) is 0 Å². The normalized spacial score (nSPS) is 11.4. The van der Waals surface area contributed by atoms with Gasteiger partial charge >= 0.3 is 12.1 Å². The Kier molecular flexibility index (Phi) is 7.16. The van der Waals surface area contributed by atoms with Crippen molar-refractivity contribution in [3.8, 4) is 5.88 Å². The van der Waals surface area contributed by atoms with Gasteiger partial charge in [0.2, 0.25) is 5.88 Å². The third kappa shape index (κ3) is 6.96. The fourth-order valence-electron chi connectivity index (χ4n) is 1.91. The molecule has 0 radical (unpaired) electrons. The molecule has 2 aromatic rings. The molecule has 0 unspecified atom stereocenters. The highest BCUT2D eigenvalue weighted by molar-refractivity contribution is 5.70. The van der Waals surface area contributed by atoms with Crippen molar-refractivity contribution in [2.45, 2.75) is 19.2 Å². The summed E-state index contributed by atoms with van der Waals surface area (Å²) >= 11 is 0. The molecular formula is C18H17F3N2O4. The Hall–Kier alpha value is -3.10. The number of oxime groups is 1. The van der Waals surface area contributed by atoms with Crippen LogP contribution in [0.25, 0.3) is 0 Å². The number of nitrogens with zero attached hydrogens (tertiary/aromatic N) is 2. The van der Waals surface area contributed by atoms with Crippen molar-refractivity contribution in [2.75, 3.05) is 13.7 Å². The lowest BCUT2D eigenvalue weighted by molar-refractivity contribution is -0.143. The molecule has 0 fully saturated rings. The maximum atomic E-state index is 12.5. The molecule has 9 heteroatoms. The molecule has 1 aromatic carbocycles. The van der Waals surface area contributed by atoms with Gasteiger partial charge in [0.1, 0.15) is 6.61 Å². The minimum atomic E-state index is -4.36. The van der Waals surface area contributed by atoms with Gasteiger partial charge in [0.15, 0.2) is 6.61 Å². The molecule has 0 atom stereocenters. The first kappa shape index (κ1) is 20.2. The quantitative estimate of drug-likeness (QED) is 0.398. The molecule has 1 aromatic heterocycles. The van der Waals surface area contributed by atoms with E-state index in [9.17, 15) is 18.0 Å². The Morgan fingerprint density at radius 2 is 1.85 bits per heavy atom. The van der Waals surface area contributed by atoms with E-state index in [-0.39, 0.29) is 13.2 Å². The summed E-state index contributed by atoms with van der Waals surface area (Å²) in [7, 11) is 1.27. The predicted molar refractivity (Wildman–Crippen MR) is 90.2 cm³/mol. The molecule has 0 bridgehead atoms. The van der Waals surface area contributed by atoms with E-state index >= 15 is 0 Å². The van der Waals surface area contributed by atoms with Gasteiger partial charge in [-0.15, -0.1) is 0 Å². The van der Waals surface area contributed by atoms with Gasteiger partial charge in [-0.2, -0.15) is 13.2 Å². The highest BCUT2D eigenvalue weighted by Crippen LogP contribution is 2.29. The molecule has 0 saturated heterocycles. The molecule has 6 nitrogen and oxygen atoms in total. The van der Waals surface area contributed by atoms with Crippen LogP contribution >= 0.6 is 0 Å². The number of benzene rings is 1. The van der Waals surface area contributed by atoms with E-state index in [1.54, 1.807) is 18.3 Å². The summed E-state index contributed by atoms with van der Waals surface area (Å²) in [6.45, 7) is -0.157. The van der Waals surface area contributed by atoms with Crippen LogP contribution in [0.4, 0.5) is 13.2 Å². The summed E-state index contributed by atoms with van der Waals surface area (Å²) in [6.07, 6.45) is -0.840. The maximum Gasteiger partial charge on any atom is 0.416 e. The van der Waals surface area contributed by atoms with Gasteiger partial charge in [0, 0.05) is 24.9 Å². The third-order valence-corrected chi connectivity index (χ3v) is 3.35. The van der Waals surface area contributed by atoms with Gasteiger partial charge in [0.25, 0.3) is 0 Å². The number of carbonyl (C=O) groups excluding carboxylic acids is 1. The van der Waals surface area contributed by atoms with Crippen molar-refractivity contribution in [1.29, 1.82) is 0 Å². The minimum absolute atomic E-state index is 0.0627. The van der Waals surface area contributed by atoms with Crippen molar-refractivity contribution in [3.63, 3.8) is 0 Å². The number of hydrogen-bond acceptors (Lipinski definition) is 6. The molecule has 0 saturated carbocycles. The van der Waals surface area contributed by atoms with Crippen LogP contribution in [-0.2, 0) is 33.6 Å². The van der Waals surface area contributed by atoms with Crippen LogP contribution < -0.4 is 4.74 Å². The van der Waals surface area contributed by atoms with E-state index in [1.807, 2.05) is 0 Å². The third-order valence-electron chi connectivity index (χ3n) is 3.35. The van der Waals surface area contributed by atoms with Crippen LogP contribution in [0.15, 0.2) is 47.8 Å². The molecule has 144 valence electrons. The van der Waals surface area contributed by atoms with Gasteiger partial charge in [-0.25, -0.2) is 9.78 Å². The Bertz CT molecular complexity index is 760. The van der Waals surface area contributed by atoms with Crippen LogP contribution in [0.1, 0.15) is 16.7 Å². The second kappa shape index (κ2) is 9.56. The van der Waals surface area contributed by atoms with Crippen LogP contribution in [0.5, 0.6) is 5.88 Å². The zero-order valence-electron chi connectivity index (χ0n) is 14.4. The van der Waals surface area contributed by atoms with Gasteiger partial charge in [-0.1, -0.05) is 23.4 Å². The maximum absolute atomic E-state index is 12.5. The molecule has 2 rings (SSSR count). The second-order valence-electron chi connectivity index (χ2n) is 5.33. The molecule has 1 heterocycles. The number of pyridine rings is 1. The number of methoxy groups -OCH3 is 1. The summed E-state index contributed by atoms with van der Waals surface area (Å²) in [5.41, 5.74) is 0.706. The average molecular weight is 382 g/mol. The summed E-state index contributed by atoms with van der Waals surface area (Å²) in [6, 6.07) is 8.04. The van der Waals surface area contributed by atoms with E-state index < -0.39 is 17.7 Å².